The van der Waals surface area contributed by atoms with Crippen LogP contribution in [0.2, 0.25) is 0 Å². The molecule has 0 aromatic carbocycles. The van der Waals surface area contributed by atoms with E-state index < -0.39 is 18.0 Å². The molecule has 0 saturated carbocycles. The molecule has 1 aromatic rings. The molecule has 2 aliphatic rings. The van der Waals surface area contributed by atoms with Crippen LogP contribution in [-0.2, 0) is 9.59 Å². The highest BCUT2D eigenvalue weighted by Crippen LogP contribution is 2.51. The molecule has 0 bridgehead atoms. The van der Waals surface area contributed by atoms with Crippen LogP contribution in [0, 0.1) is 5.92 Å². The minimum absolute atomic E-state index is 0.0413. The van der Waals surface area contributed by atoms with Gasteiger partial charge in [0.1, 0.15) is 11.1 Å². The Hall–Kier alpha value is -1.79. The summed E-state index contributed by atoms with van der Waals surface area (Å²) in [5, 5.41) is 29.5. The lowest BCUT2D eigenvalue weighted by Crippen LogP contribution is -2.60. The lowest BCUT2D eigenvalue weighted by Gasteiger charge is -2.43. The predicted octanol–water partition coefficient (Wildman–Crippen LogP) is -1.31. The first-order valence-corrected chi connectivity index (χ1v) is 8.09. The Morgan fingerprint density at radius 3 is 2.86 bits per heavy atom. The van der Waals surface area contributed by atoms with Gasteiger partial charge in [-0.25, -0.2) is 4.79 Å². The molecule has 3 rings (SSSR count). The minimum Gasteiger partial charge on any atom is -0.477 e. The maximum Gasteiger partial charge on any atom is 0.353 e. The molecule has 1 amide bonds. The van der Waals surface area contributed by atoms with Gasteiger partial charge in [0.05, 0.1) is 12.0 Å². The quantitative estimate of drug-likeness (QED) is 0.334. The molecule has 0 spiro atoms. The van der Waals surface area contributed by atoms with Gasteiger partial charge < -0.3 is 16.1 Å². The number of nitrogens with two attached hydrogens (primary N) is 1. The first-order chi connectivity index (χ1) is 10.4. The number of carbonyl (C=O) groups is 2. The van der Waals surface area contributed by atoms with Gasteiger partial charge >= 0.3 is 5.97 Å². The number of carboxylic acids is 1. The zero-order valence-electron chi connectivity index (χ0n) is 11.3. The third-order valence-corrected chi connectivity index (χ3v) is 5.88. The summed E-state index contributed by atoms with van der Waals surface area (Å²) in [7, 11) is 0. The number of hydrogen-bond acceptors (Lipinski definition) is 9. The first-order valence-electron chi connectivity index (χ1n) is 6.22. The van der Waals surface area contributed by atoms with E-state index in [9.17, 15) is 19.8 Å². The Morgan fingerprint density at radius 2 is 2.32 bits per heavy atom. The van der Waals surface area contributed by atoms with Crippen LogP contribution in [0.15, 0.2) is 15.8 Å². The van der Waals surface area contributed by atoms with Gasteiger partial charge in [0, 0.05) is 10.7 Å². The Bertz CT molecular complexity index is 674. The average molecular weight is 344 g/mol. The fourth-order valence-electron chi connectivity index (χ4n) is 2.37. The predicted molar refractivity (Wildman–Crippen MR) is 76.7 cm³/mol. The van der Waals surface area contributed by atoms with Crippen molar-refractivity contribution in [2.24, 2.45) is 5.92 Å². The smallest absolute Gasteiger partial charge is 0.353 e. The summed E-state index contributed by atoms with van der Waals surface area (Å²) < 4.78 is 0. The number of carboxylic acid groups (broad SMARTS) is 1. The Kier molecular flexibility index (Phi) is 3.74. The van der Waals surface area contributed by atoms with Crippen LogP contribution in [0.1, 0.15) is 6.92 Å². The van der Waals surface area contributed by atoms with Crippen molar-refractivity contribution in [3.63, 3.8) is 0 Å². The number of aliphatic hydroxyl groups is 1. The molecule has 1 fully saturated rings. The van der Waals surface area contributed by atoms with Crippen molar-refractivity contribution >= 4 is 35.4 Å². The zero-order valence-corrected chi connectivity index (χ0v) is 12.9. The van der Waals surface area contributed by atoms with Gasteiger partial charge in [-0.2, -0.15) is 0 Å². The van der Waals surface area contributed by atoms with E-state index in [1.54, 1.807) is 0 Å². The molecule has 1 saturated heterocycles. The number of β-lactam (4-membered cyclic amide) rings is 1. The van der Waals surface area contributed by atoms with Crippen LogP contribution < -0.4 is 5.84 Å². The number of nitrogens with zero attached hydrogens (tertiary/aromatic N) is 5. The maximum absolute atomic E-state index is 12.0. The average Bonchev–Trinajstić information content (AvgIpc) is 2.97. The second-order valence-electron chi connectivity index (χ2n) is 4.75. The summed E-state index contributed by atoms with van der Waals surface area (Å²) >= 11 is 2.44. The molecule has 3 atom stereocenters. The maximum atomic E-state index is 12.0. The molecule has 10 nitrogen and oxygen atoms in total. The van der Waals surface area contributed by atoms with Crippen molar-refractivity contribution in [1.29, 1.82) is 0 Å². The van der Waals surface area contributed by atoms with E-state index in [-0.39, 0.29) is 22.7 Å². The number of hydrogen-bond donors (Lipinski definition) is 3. The molecular weight excluding hydrogens is 332 g/mol. The molecular formula is C10H12N6O4S2. The van der Waals surface area contributed by atoms with Crippen LogP contribution in [0.5, 0.6) is 0 Å². The summed E-state index contributed by atoms with van der Waals surface area (Å²) in [5.74, 6) is 3.65. The van der Waals surface area contributed by atoms with E-state index >= 15 is 0 Å². The molecule has 1 aromatic heterocycles. The highest BCUT2D eigenvalue weighted by atomic mass is 32.2. The largest absolute Gasteiger partial charge is 0.477 e. The standard InChI is InChI=1S/C10H12N6O4S2/c1-3(17)5-7(18)15-6(9(19)20)4(22-8(5)15)2-21-10-12-13-14-16(10)11/h3,5,8,17H,2,11H2,1H3,(H,19,20)/t3-,5?,8-/m1/s1. The van der Waals surface area contributed by atoms with Gasteiger partial charge in [0.15, 0.2) is 0 Å². The van der Waals surface area contributed by atoms with Gasteiger partial charge in [0.2, 0.25) is 11.1 Å². The van der Waals surface area contributed by atoms with E-state index in [1.807, 2.05) is 0 Å². The zero-order chi connectivity index (χ0) is 16.0. The highest BCUT2D eigenvalue weighted by Gasteiger charge is 2.57. The highest BCUT2D eigenvalue weighted by molar-refractivity contribution is 8.06. The van der Waals surface area contributed by atoms with Crippen molar-refractivity contribution in [3.8, 4) is 0 Å². The van der Waals surface area contributed by atoms with Gasteiger partial charge in [-0.05, 0) is 17.4 Å². The molecule has 12 heteroatoms. The summed E-state index contributed by atoms with van der Waals surface area (Å²) in [6.45, 7) is 1.52. The van der Waals surface area contributed by atoms with E-state index in [1.165, 1.54) is 35.3 Å². The normalized spacial score (nSPS) is 25.2. The lowest BCUT2D eigenvalue weighted by molar-refractivity contribution is -0.156. The Morgan fingerprint density at radius 1 is 1.59 bits per heavy atom. The third-order valence-electron chi connectivity index (χ3n) is 3.37. The van der Waals surface area contributed by atoms with Crippen molar-refractivity contribution in [1.82, 2.24) is 25.2 Å². The molecule has 0 aliphatic carbocycles. The first kappa shape index (κ1) is 15.1. The van der Waals surface area contributed by atoms with Crippen molar-refractivity contribution in [2.75, 3.05) is 11.6 Å². The van der Waals surface area contributed by atoms with E-state index in [4.69, 9.17) is 5.84 Å². The van der Waals surface area contributed by atoms with Crippen LogP contribution >= 0.6 is 23.5 Å². The second kappa shape index (κ2) is 5.44. The van der Waals surface area contributed by atoms with Crippen LogP contribution in [0.25, 0.3) is 0 Å². The number of thioether (sulfide) groups is 2. The number of carbonyl (C=O) groups excluding carboxylic acids is 1. The van der Waals surface area contributed by atoms with Gasteiger partial charge in [-0.15, -0.1) is 16.6 Å². The number of aliphatic hydroxyl groups excluding tert-OH is 1. The molecule has 1 unspecified atom stereocenters. The summed E-state index contributed by atoms with van der Waals surface area (Å²) in [6, 6.07) is 0. The van der Waals surface area contributed by atoms with E-state index in [2.05, 4.69) is 15.5 Å². The molecule has 2 aliphatic heterocycles. The summed E-state index contributed by atoms with van der Waals surface area (Å²) in [6.07, 6.45) is -0.820. The Labute approximate surface area is 132 Å². The molecule has 22 heavy (non-hydrogen) atoms. The van der Waals surface area contributed by atoms with Crippen LogP contribution in [-0.4, -0.2) is 64.5 Å². The van der Waals surface area contributed by atoms with Crippen molar-refractivity contribution < 1.29 is 19.8 Å². The summed E-state index contributed by atoms with van der Waals surface area (Å²) in [5.41, 5.74) is -0.0413. The number of aromatic nitrogens is 4. The number of amides is 1. The van der Waals surface area contributed by atoms with Crippen LogP contribution in [0.3, 0.4) is 0 Å². The minimum atomic E-state index is -1.17. The molecule has 3 heterocycles. The van der Waals surface area contributed by atoms with Gasteiger partial charge in [-0.1, -0.05) is 16.9 Å². The molecule has 0 radical (unpaired) electrons. The topological polar surface area (TPSA) is 147 Å². The lowest BCUT2D eigenvalue weighted by atomic mass is 9.92. The Balaban J connectivity index is 1.80. The van der Waals surface area contributed by atoms with Gasteiger partial charge in [0.25, 0.3) is 0 Å². The SMILES string of the molecule is C[C@@H](O)C1C(=O)N2C(C(=O)O)=C(CSc3nnnn3N)S[C@H]12. The van der Waals surface area contributed by atoms with Gasteiger partial charge in [-0.3, -0.25) is 9.69 Å². The fourth-order valence-corrected chi connectivity index (χ4v) is 4.87. The monoisotopic (exact) mass is 344 g/mol. The third kappa shape index (κ3) is 2.23. The fraction of sp³-hybridized carbons (Fsp3) is 0.500. The summed E-state index contributed by atoms with van der Waals surface area (Å²) in [4.78, 5) is 26.2. The number of rotatable bonds is 5. The van der Waals surface area contributed by atoms with E-state index in [0.29, 0.717) is 10.1 Å². The second-order valence-corrected chi connectivity index (χ2v) is 6.91. The van der Waals surface area contributed by atoms with Crippen molar-refractivity contribution in [2.45, 2.75) is 23.6 Å². The molecule has 118 valence electrons. The number of aliphatic carboxylic acids is 1. The van der Waals surface area contributed by atoms with Crippen molar-refractivity contribution in [3.05, 3.63) is 10.6 Å². The number of fused-ring (bicyclic) bond motifs is 1. The number of nitrogen functional groups attached to an aromatic ring is 1. The van der Waals surface area contributed by atoms with Crippen LogP contribution in [0.4, 0.5) is 0 Å². The molecule has 4 N–H and O–H groups in total. The number of tetrazole rings is 1. The van der Waals surface area contributed by atoms with E-state index in [0.717, 1.165) is 4.79 Å².